The van der Waals surface area contributed by atoms with Crippen molar-refractivity contribution in [3.63, 3.8) is 0 Å². The molecule has 0 radical (unpaired) electrons. The third-order valence-corrected chi connectivity index (χ3v) is 3.50. The summed E-state index contributed by atoms with van der Waals surface area (Å²) in [5.74, 6) is -0.0303. The first-order valence-electron chi connectivity index (χ1n) is 7.07. The van der Waals surface area contributed by atoms with E-state index < -0.39 is 11.0 Å². The van der Waals surface area contributed by atoms with E-state index in [1.807, 2.05) is 13.8 Å². The normalized spacial score (nSPS) is 17.2. The molecule has 22 heavy (non-hydrogen) atoms. The lowest BCUT2D eigenvalue weighted by Gasteiger charge is -2.35. The molecule has 0 aromatic heterocycles. The van der Waals surface area contributed by atoms with Crippen molar-refractivity contribution in [2.24, 2.45) is 5.92 Å². The van der Waals surface area contributed by atoms with Crippen LogP contribution in [0.5, 0.6) is 5.75 Å². The highest BCUT2D eigenvalue weighted by atomic mass is 16.6. The molecule has 0 spiro atoms. The van der Waals surface area contributed by atoms with Crippen molar-refractivity contribution >= 4 is 23.1 Å². The van der Waals surface area contributed by atoms with Gasteiger partial charge in [0.25, 0.3) is 11.6 Å². The van der Waals surface area contributed by atoms with Gasteiger partial charge in [0.15, 0.2) is 11.9 Å². The maximum atomic E-state index is 12.5. The summed E-state index contributed by atoms with van der Waals surface area (Å²) in [7, 11) is 0. The average Bonchev–Trinajstić information content (AvgIpc) is 2.44. The molecule has 1 aromatic rings. The van der Waals surface area contributed by atoms with Gasteiger partial charge in [0, 0.05) is 19.0 Å². The molecule has 1 unspecified atom stereocenters. The van der Waals surface area contributed by atoms with Crippen LogP contribution in [-0.2, 0) is 9.59 Å². The zero-order valence-corrected chi connectivity index (χ0v) is 12.7. The fraction of sp³-hybridized carbons (Fsp3) is 0.467. The van der Waals surface area contributed by atoms with Crippen LogP contribution < -0.4 is 9.64 Å². The van der Waals surface area contributed by atoms with E-state index in [0.717, 1.165) is 0 Å². The quantitative estimate of drug-likeness (QED) is 0.615. The van der Waals surface area contributed by atoms with E-state index in [4.69, 9.17) is 4.74 Å². The van der Waals surface area contributed by atoms with Gasteiger partial charge in [-0.25, -0.2) is 0 Å². The Labute approximate surface area is 128 Å². The predicted molar refractivity (Wildman–Crippen MR) is 80.0 cm³/mol. The summed E-state index contributed by atoms with van der Waals surface area (Å²) in [6, 6.07) is 4.13. The number of amides is 1. The number of rotatable bonds is 5. The van der Waals surface area contributed by atoms with Crippen LogP contribution in [-0.4, -0.2) is 29.3 Å². The first kappa shape index (κ1) is 15.9. The second-order valence-corrected chi connectivity index (χ2v) is 5.63. The standard InChI is InChI=1S/C15H18N2O5/c1-9(2)14-15(19)16(7-6-10(3)18)12-5-4-11(17(20)21)8-13(12)22-14/h4-5,8-9,14H,6-7H2,1-3H3. The number of nitro groups is 1. The molecule has 1 aromatic carbocycles. The Morgan fingerprint density at radius 2 is 2.14 bits per heavy atom. The van der Waals surface area contributed by atoms with Crippen LogP contribution in [0.15, 0.2) is 18.2 Å². The number of ether oxygens (including phenoxy) is 1. The van der Waals surface area contributed by atoms with Crippen LogP contribution >= 0.6 is 0 Å². The number of hydrogen-bond acceptors (Lipinski definition) is 5. The summed E-state index contributed by atoms with van der Waals surface area (Å²) in [6.45, 7) is 5.38. The number of non-ortho nitro benzene ring substituents is 1. The van der Waals surface area contributed by atoms with Gasteiger partial charge < -0.3 is 9.64 Å². The van der Waals surface area contributed by atoms with Gasteiger partial charge in [-0.2, -0.15) is 0 Å². The fourth-order valence-corrected chi connectivity index (χ4v) is 2.31. The number of ketones is 1. The van der Waals surface area contributed by atoms with Gasteiger partial charge in [-0.3, -0.25) is 19.7 Å². The lowest BCUT2D eigenvalue weighted by Crippen LogP contribution is -2.48. The Bertz CT molecular complexity index is 626. The van der Waals surface area contributed by atoms with E-state index in [1.165, 1.54) is 30.0 Å². The second-order valence-electron chi connectivity index (χ2n) is 5.63. The number of fused-ring (bicyclic) bond motifs is 1. The van der Waals surface area contributed by atoms with Crippen LogP contribution in [0.3, 0.4) is 0 Å². The number of Topliss-reactive ketones (excluding diaryl/α,β-unsaturated/α-hetero) is 1. The van der Waals surface area contributed by atoms with Crippen LogP contribution in [0.4, 0.5) is 11.4 Å². The molecule has 0 N–H and O–H groups in total. The van der Waals surface area contributed by atoms with Crippen molar-refractivity contribution in [2.75, 3.05) is 11.4 Å². The molecule has 0 saturated heterocycles. The van der Waals surface area contributed by atoms with E-state index in [2.05, 4.69) is 0 Å². The molecule has 7 heteroatoms. The summed E-state index contributed by atoms with van der Waals surface area (Å²) in [5.41, 5.74) is 0.371. The molecule has 118 valence electrons. The smallest absolute Gasteiger partial charge is 0.273 e. The molecule has 1 aliphatic rings. The summed E-state index contributed by atoms with van der Waals surface area (Å²) in [5, 5.41) is 10.9. The molecular weight excluding hydrogens is 288 g/mol. The molecule has 1 heterocycles. The van der Waals surface area contributed by atoms with Gasteiger partial charge in [0.1, 0.15) is 5.78 Å². The number of nitro benzene ring substituents is 1. The second kappa shape index (κ2) is 6.13. The molecule has 0 bridgehead atoms. The van der Waals surface area contributed by atoms with E-state index in [9.17, 15) is 19.7 Å². The molecule has 0 fully saturated rings. The van der Waals surface area contributed by atoms with Gasteiger partial charge in [-0.15, -0.1) is 0 Å². The summed E-state index contributed by atoms with van der Waals surface area (Å²) < 4.78 is 5.65. The number of carbonyl (C=O) groups excluding carboxylic acids is 2. The third-order valence-electron chi connectivity index (χ3n) is 3.50. The van der Waals surface area contributed by atoms with Crippen molar-refractivity contribution in [1.82, 2.24) is 0 Å². The Morgan fingerprint density at radius 1 is 1.45 bits per heavy atom. The lowest BCUT2D eigenvalue weighted by atomic mass is 10.0. The van der Waals surface area contributed by atoms with Crippen LogP contribution in [0.1, 0.15) is 27.2 Å². The molecule has 7 nitrogen and oxygen atoms in total. The zero-order chi connectivity index (χ0) is 16.4. The first-order valence-corrected chi connectivity index (χ1v) is 7.07. The van der Waals surface area contributed by atoms with Crippen molar-refractivity contribution < 1.29 is 19.2 Å². The molecule has 1 aliphatic heterocycles. The number of hydrogen-bond donors (Lipinski definition) is 0. The van der Waals surface area contributed by atoms with Crippen LogP contribution in [0, 0.1) is 16.0 Å². The Hall–Kier alpha value is -2.44. The van der Waals surface area contributed by atoms with Crippen molar-refractivity contribution in [3.8, 4) is 5.75 Å². The first-order chi connectivity index (χ1) is 10.3. The topological polar surface area (TPSA) is 89.8 Å². The highest BCUT2D eigenvalue weighted by Crippen LogP contribution is 2.38. The Morgan fingerprint density at radius 3 is 2.68 bits per heavy atom. The number of carbonyl (C=O) groups is 2. The van der Waals surface area contributed by atoms with Gasteiger partial charge in [0.05, 0.1) is 16.7 Å². The van der Waals surface area contributed by atoms with Crippen LogP contribution in [0.25, 0.3) is 0 Å². The maximum Gasteiger partial charge on any atom is 0.273 e. The fourth-order valence-electron chi connectivity index (χ4n) is 2.31. The monoisotopic (exact) mass is 306 g/mol. The Kier molecular flexibility index (Phi) is 4.44. The van der Waals surface area contributed by atoms with E-state index >= 15 is 0 Å². The summed E-state index contributed by atoms with van der Waals surface area (Å²) >= 11 is 0. The van der Waals surface area contributed by atoms with Crippen LogP contribution in [0.2, 0.25) is 0 Å². The average molecular weight is 306 g/mol. The minimum Gasteiger partial charge on any atom is -0.478 e. The molecule has 1 atom stereocenters. The number of nitrogens with zero attached hydrogens (tertiary/aromatic N) is 2. The van der Waals surface area contributed by atoms with Crippen molar-refractivity contribution in [3.05, 3.63) is 28.3 Å². The van der Waals surface area contributed by atoms with Gasteiger partial charge >= 0.3 is 0 Å². The SMILES string of the molecule is CC(=O)CCN1C(=O)C(C(C)C)Oc2cc([N+](=O)[O-])ccc21. The third kappa shape index (κ3) is 3.08. The molecule has 0 saturated carbocycles. The van der Waals surface area contributed by atoms with Crippen molar-refractivity contribution in [1.29, 1.82) is 0 Å². The largest absolute Gasteiger partial charge is 0.478 e. The minimum atomic E-state index is -0.707. The maximum absolute atomic E-state index is 12.5. The minimum absolute atomic E-state index is 0.0242. The lowest BCUT2D eigenvalue weighted by molar-refractivity contribution is -0.384. The van der Waals surface area contributed by atoms with Gasteiger partial charge in [0.2, 0.25) is 0 Å². The van der Waals surface area contributed by atoms with Gasteiger partial charge in [-0.1, -0.05) is 13.8 Å². The number of anilines is 1. The molecule has 0 aliphatic carbocycles. The number of benzene rings is 1. The molecule has 1 amide bonds. The Balaban J connectivity index is 2.42. The van der Waals surface area contributed by atoms with Crippen molar-refractivity contribution in [2.45, 2.75) is 33.3 Å². The highest BCUT2D eigenvalue weighted by molar-refractivity contribution is 6.00. The summed E-state index contributed by atoms with van der Waals surface area (Å²) in [4.78, 5) is 35.6. The molecular formula is C15H18N2O5. The molecule has 2 rings (SSSR count). The van der Waals surface area contributed by atoms with E-state index in [-0.39, 0.29) is 36.3 Å². The summed E-state index contributed by atoms with van der Waals surface area (Å²) in [6.07, 6.45) is -0.478. The van der Waals surface area contributed by atoms with E-state index in [1.54, 1.807) is 0 Å². The highest BCUT2D eigenvalue weighted by Gasteiger charge is 2.36. The van der Waals surface area contributed by atoms with Gasteiger partial charge in [-0.05, 0) is 18.9 Å². The predicted octanol–water partition coefficient (Wildman–Crippen LogP) is 2.32. The zero-order valence-electron chi connectivity index (χ0n) is 12.7. The van der Waals surface area contributed by atoms with E-state index in [0.29, 0.717) is 11.4 Å².